The Bertz CT molecular complexity index is 596. The first kappa shape index (κ1) is 15.3. The molecule has 2 aromatic rings. The molecule has 2 rings (SSSR count). The Hall–Kier alpha value is -1.13. The molecule has 0 saturated heterocycles. The molecule has 0 bridgehead atoms. The molecule has 0 saturated carbocycles. The standard InChI is InChI=1S/C15H12BrClF2O/c1-20-14-5-3-2-4-9(14)6-11(17)15-12(18)7-10(16)8-13(15)19/h2-5,7-8,11H,6H2,1H3. The highest BCUT2D eigenvalue weighted by atomic mass is 79.9. The largest absolute Gasteiger partial charge is 0.496 e. The van der Waals surface area contributed by atoms with E-state index in [4.69, 9.17) is 16.3 Å². The van der Waals surface area contributed by atoms with Gasteiger partial charge < -0.3 is 4.74 Å². The summed E-state index contributed by atoms with van der Waals surface area (Å²) in [4.78, 5) is 0. The van der Waals surface area contributed by atoms with Gasteiger partial charge in [0, 0.05) is 10.0 Å². The fraction of sp³-hybridized carbons (Fsp3) is 0.200. The highest BCUT2D eigenvalue weighted by molar-refractivity contribution is 9.10. The summed E-state index contributed by atoms with van der Waals surface area (Å²) in [5, 5.41) is -0.806. The molecule has 0 aliphatic carbocycles. The van der Waals surface area contributed by atoms with Gasteiger partial charge in [0.2, 0.25) is 0 Å². The number of hydrogen-bond acceptors (Lipinski definition) is 1. The lowest BCUT2D eigenvalue weighted by Crippen LogP contribution is -2.04. The van der Waals surface area contributed by atoms with Crippen molar-refractivity contribution in [3.05, 3.63) is 63.6 Å². The number of methoxy groups -OCH3 is 1. The van der Waals surface area contributed by atoms with Crippen molar-refractivity contribution in [1.82, 2.24) is 0 Å². The van der Waals surface area contributed by atoms with E-state index in [0.717, 1.165) is 5.56 Å². The molecule has 0 spiro atoms. The second kappa shape index (κ2) is 6.55. The summed E-state index contributed by atoms with van der Waals surface area (Å²) < 4.78 is 33.3. The van der Waals surface area contributed by atoms with Gasteiger partial charge in [-0.3, -0.25) is 0 Å². The summed E-state index contributed by atoms with van der Waals surface area (Å²) >= 11 is 9.22. The van der Waals surface area contributed by atoms with E-state index in [1.807, 2.05) is 18.2 Å². The Morgan fingerprint density at radius 3 is 2.40 bits per heavy atom. The van der Waals surface area contributed by atoms with Crippen molar-refractivity contribution in [2.24, 2.45) is 0 Å². The molecule has 1 unspecified atom stereocenters. The number of ether oxygens (including phenoxy) is 1. The van der Waals surface area contributed by atoms with Crippen molar-refractivity contribution >= 4 is 27.5 Å². The normalized spacial score (nSPS) is 12.2. The summed E-state index contributed by atoms with van der Waals surface area (Å²) in [6.45, 7) is 0. The molecule has 2 aromatic carbocycles. The molecular formula is C15H12BrClF2O. The molecule has 0 aliphatic rings. The highest BCUT2D eigenvalue weighted by Gasteiger charge is 2.20. The van der Waals surface area contributed by atoms with E-state index in [1.54, 1.807) is 13.2 Å². The second-order valence-corrected chi connectivity index (χ2v) is 5.71. The van der Waals surface area contributed by atoms with Crippen molar-refractivity contribution < 1.29 is 13.5 Å². The van der Waals surface area contributed by atoms with Crippen molar-refractivity contribution in [2.45, 2.75) is 11.8 Å². The number of alkyl halides is 1. The van der Waals surface area contributed by atoms with Gasteiger partial charge in [-0.25, -0.2) is 8.78 Å². The molecule has 1 nitrogen and oxygen atoms in total. The van der Waals surface area contributed by atoms with E-state index < -0.39 is 17.0 Å². The molecule has 0 aromatic heterocycles. The lowest BCUT2D eigenvalue weighted by Gasteiger charge is -2.14. The SMILES string of the molecule is COc1ccccc1CC(Cl)c1c(F)cc(Br)cc1F. The molecule has 0 fully saturated rings. The zero-order valence-corrected chi connectivity index (χ0v) is 13.0. The van der Waals surface area contributed by atoms with Crippen LogP contribution in [-0.4, -0.2) is 7.11 Å². The number of para-hydroxylation sites is 1. The van der Waals surface area contributed by atoms with Crippen LogP contribution in [0.3, 0.4) is 0 Å². The minimum Gasteiger partial charge on any atom is -0.496 e. The van der Waals surface area contributed by atoms with Crippen LogP contribution in [0.1, 0.15) is 16.5 Å². The van der Waals surface area contributed by atoms with Gasteiger partial charge in [-0.2, -0.15) is 0 Å². The minimum absolute atomic E-state index is 0.124. The molecule has 1 atom stereocenters. The van der Waals surface area contributed by atoms with Crippen LogP contribution in [0.25, 0.3) is 0 Å². The molecule has 106 valence electrons. The van der Waals surface area contributed by atoms with Gasteiger partial charge in [0.25, 0.3) is 0 Å². The van der Waals surface area contributed by atoms with Crippen LogP contribution in [-0.2, 0) is 6.42 Å². The fourth-order valence-electron chi connectivity index (χ4n) is 2.02. The molecule has 20 heavy (non-hydrogen) atoms. The van der Waals surface area contributed by atoms with Crippen LogP contribution in [0.4, 0.5) is 8.78 Å². The van der Waals surface area contributed by atoms with Gasteiger partial charge in [-0.05, 0) is 30.2 Å². The predicted molar refractivity (Wildman–Crippen MR) is 79.4 cm³/mol. The van der Waals surface area contributed by atoms with E-state index in [1.165, 1.54) is 12.1 Å². The first-order valence-electron chi connectivity index (χ1n) is 5.93. The lowest BCUT2D eigenvalue weighted by molar-refractivity contribution is 0.409. The van der Waals surface area contributed by atoms with Crippen LogP contribution < -0.4 is 4.74 Å². The number of rotatable bonds is 4. The summed E-state index contributed by atoms with van der Waals surface area (Å²) in [6.07, 6.45) is 0.279. The zero-order chi connectivity index (χ0) is 14.7. The fourth-order valence-corrected chi connectivity index (χ4v) is 2.80. The number of benzene rings is 2. The Balaban J connectivity index is 2.31. The van der Waals surface area contributed by atoms with Crippen molar-refractivity contribution in [1.29, 1.82) is 0 Å². The summed E-state index contributed by atoms with van der Waals surface area (Å²) in [5.74, 6) is -0.672. The van der Waals surface area contributed by atoms with E-state index in [2.05, 4.69) is 15.9 Å². The molecule has 0 amide bonds. The third-order valence-corrected chi connectivity index (χ3v) is 3.78. The van der Waals surface area contributed by atoms with Gasteiger partial charge >= 0.3 is 0 Å². The van der Waals surface area contributed by atoms with Gasteiger partial charge in [-0.1, -0.05) is 34.1 Å². The van der Waals surface area contributed by atoms with Crippen molar-refractivity contribution in [3.8, 4) is 5.75 Å². The zero-order valence-electron chi connectivity index (χ0n) is 10.7. The van der Waals surface area contributed by atoms with Crippen molar-refractivity contribution in [3.63, 3.8) is 0 Å². The quantitative estimate of drug-likeness (QED) is 0.675. The maximum absolute atomic E-state index is 13.9. The minimum atomic E-state index is -0.806. The average molecular weight is 362 g/mol. The van der Waals surface area contributed by atoms with Crippen LogP contribution in [0.2, 0.25) is 0 Å². The third-order valence-electron chi connectivity index (χ3n) is 2.95. The molecule has 0 aliphatic heterocycles. The topological polar surface area (TPSA) is 9.23 Å². The number of hydrogen-bond donors (Lipinski definition) is 0. The molecule has 0 radical (unpaired) electrons. The number of halogens is 4. The molecule has 5 heteroatoms. The Labute approximate surface area is 129 Å². The molecule has 0 N–H and O–H groups in total. The first-order chi connectivity index (χ1) is 9.52. The van der Waals surface area contributed by atoms with Crippen LogP contribution in [0.15, 0.2) is 40.9 Å². The Morgan fingerprint density at radius 1 is 1.20 bits per heavy atom. The average Bonchev–Trinajstić information content (AvgIpc) is 2.38. The van der Waals surface area contributed by atoms with E-state index in [0.29, 0.717) is 10.2 Å². The van der Waals surface area contributed by atoms with E-state index in [9.17, 15) is 8.78 Å². The summed E-state index contributed by atoms with van der Waals surface area (Å²) in [6, 6.07) is 9.67. The molecular weight excluding hydrogens is 350 g/mol. The summed E-state index contributed by atoms with van der Waals surface area (Å²) in [5.41, 5.74) is 0.678. The summed E-state index contributed by atoms with van der Waals surface area (Å²) in [7, 11) is 1.54. The van der Waals surface area contributed by atoms with Crippen LogP contribution >= 0.6 is 27.5 Å². The maximum atomic E-state index is 13.9. The Morgan fingerprint density at radius 2 is 1.80 bits per heavy atom. The van der Waals surface area contributed by atoms with Gasteiger partial charge in [0.15, 0.2) is 0 Å². The van der Waals surface area contributed by atoms with E-state index in [-0.39, 0.29) is 12.0 Å². The monoisotopic (exact) mass is 360 g/mol. The Kier molecular flexibility index (Phi) is 5.00. The second-order valence-electron chi connectivity index (χ2n) is 4.27. The first-order valence-corrected chi connectivity index (χ1v) is 7.16. The third kappa shape index (κ3) is 3.30. The van der Waals surface area contributed by atoms with Crippen molar-refractivity contribution in [2.75, 3.05) is 7.11 Å². The van der Waals surface area contributed by atoms with Crippen LogP contribution in [0, 0.1) is 11.6 Å². The van der Waals surface area contributed by atoms with Crippen LogP contribution in [0.5, 0.6) is 5.75 Å². The van der Waals surface area contributed by atoms with Gasteiger partial charge in [0.1, 0.15) is 17.4 Å². The maximum Gasteiger partial charge on any atom is 0.131 e. The molecule has 0 heterocycles. The predicted octanol–water partition coefficient (Wildman–Crippen LogP) is 5.26. The smallest absolute Gasteiger partial charge is 0.131 e. The van der Waals surface area contributed by atoms with E-state index >= 15 is 0 Å². The highest BCUT2D eigenvalue weighted by Crippen LogP contribution is 2.33. The van der Waals surface area contributed by atoms with Gasteiger partial charge in [0.05, 0.1) is 12.5 Å². The van der Waals surface area contributed by atoms with Gasteiger partial charge in [-0.15, -0.1) is 11.6 Å². The lowest BCUT2D eigenvalue weighted by atomic mass is 10.0.